The third-order valence-corrected chi connectivity index (χ3v) is 2.54. The molecule has 0 saturated carbocycles. The van der Waals surface area contributed by atoms with Crippen LogP contribution < -0.4 is 5.73 Å². The molecule has 1 atom stereocenters. The van der Waals surface area contributed by atoms with Crippen LogP contribution in [0.1, 0.15) is 30.7 Å². The zero-order chi connectivity index (χ0) is 10.8. The van der Waals surface area contributed by atoms with E-state index in [1.165, 1.54) is 5.56 Å². The first-order valence-corrected chi connectivity index (χ1v) is 5.23. The van der Waals surface area contributed by atoms with Crippen LogP contribution in [0.2, 0.25) is 0 Å². The van der Waals surface area contributed by atoms with Gasteiger partial charge in [-0.2, -0.15) is 5.10 Å². The Hall–Kier alpha value is -1.42. The molecule has 2 rings (SSSR count). The molecule has 0 bridgehead atoms. The Labute approximate surface area is 89.1 Å². The average molecular weight is 204 g/mol. The lowest BCUT2D eigenvalue weighted by Gasteiger charge is -2.02. The van der Waals surface area contributed by atoms with E-state index in [1.807, 2.05) is 29.8 Å². The van der Waals surface area contributed by atoms with Crippen LogP contribution in [0.15, 0.2) is 18.3 Å². The Balaban J connectivity index is 2.38. The molecule has 0 aliphatic rings. The van der Waals surface area contributed by atoms with Crippen molar-refractivity contribution in [3.8, 4) is 0 Å². The molecule has 2 aromatic heterocycles. The van der Waals surface area contributed by atoms with Crippen molar-refractivity contribution in [2.24, 2.45) is 5.73 Å². The van der Waals surface area contributed by atoms with E-state index < -0.39 is 0 Å². The van der Waals surface area contributed by atoms with E-state index in [4.69, 9.17) is 5.73 Å². The molecular weight excluding hydrogens is 188 g/mol. The first-order valence-electron chi connectivity index (χ1n) is 5.23. The van der Waals surface area contributed by atoms with Crippen LogP contribution in [0.4, 0.5) is 0 Å². The van der Waals surface area contributed by atoms with Gasteiger partial charge in [0.2, 0.25) is 0 Å². The number of rotatable bonds is 3. The van der Waals surface area contributed by atoms with Gasteiger partial charge in [0, 0.05) is 12.1 Å². The van der Waals surface area contributed by atoms with Gasteiger partial charge in [-0.3, -0.25) is 0 Å². The van der Waals surface area contributed by atoms with Gasteiger partial charge in [-0.05, 0) is 31.5 Å². The highest BCUT2D eigenvalue weighted by Crippen LogP contribution is 2.15. The highest BCUT2D eigenvalue weighted by molar-refractivity contribution is 5.38. The van der Waals surface area contributed by atoms with Crippen molar-refractivity contribution in [1.82, 2.24) is 14.6 Å². The molecule has 0 amide bonds. The van der Waals surface area contributed by atoms with Crippen LogP contribution in [-0.2, 0) is 0 Å². The molecule has 1 unspecified atom stereocenters. The Morgan fingerprint density at radius 1 is 1.47 bits per heavy atom. The molecule has 0 spiro atoms. The Kier molecular flexibility index (Phi) is 2.68. The lowest BCUT2D eigenvalue weighted by molar-refractivity contribution is 0.645. The summed E-state index contributed by atoms with van der Waals surface area (Å²) in [6.07, 6.45) is 2.91. The molecule has 2 heterocycles. The van der Waals surface area contributed by atoms with Gasteiger partial charge in [0.25, 0.3) is 0 Å². The highest BCUT2D eigenvalue weighted by Gasteiger charge is 2.10. The zero-order valence-electron chi connectivity index (χ0n) is 9.14. The number of nitrogens with zero attached hydrogens (tertiary/aromatic N) is 3. The maximum absolute atomic E-state index is 5.52. The lowest BCUT2D eigenvalue weighted by atomic mass is 10.1. The van der Waals surface area contributed by atoms with Crippen molar-refractivity contribution in [2.75, 3.05) is 6.54 Å². The molecule has 15 heavy (non-hydrogen) atoms. The summed E-state index contributed by atoms with van der Waals surface area (Å²) in [5, 5.41) is 4.44. The molecule has 0 saturated heterocycles. The van der Waals surface area contributed by atoms with E-state index in [9.17, 15) is 0 Å². The predicted octanol–water partition coefficient (Wildman–Crippen LogP) is 1.49. The van der Waals surface area contributed by atoms with Gasteiger partial charge in [-0.15, -0.1) is 0 Å². The zero-order valence-corrected chi connectivity index (χ0v) is 9.14. The quantitative estimate of drug-likeness (QED) is 0.824. The molecule has 2 aromatic rings. The summed E-state index contributed by atoms with van der Waals surface area (Å²) in [4.78, 5) is 4.47. The molecule has 4 heteroatoms. The smallest absolute Gasteiger partial charge is 0.155 e. The minimum atomic E-state index is 0.329. The average Bonchev–Trinajstić information content (AvgIpc) is 2.60. The fourth-order valence-corrected chi connectivity index (χ4v) is 1.59. The van der Waals surface area contributed by atoms with Crippen LogP contribution in [-0.4, -0.2) is 21.1 Å². The third-order valence-electron chi connectivity index (χ3n) is 2.54. The maximum atomic E-state index is 5.52. The number of aryl methyl sites for hydroxylation is 1. The summed E-state index contributed by atoms with van der Waals surface area (Å²) in [5.41, 5.74) is 7.61. The van der Waals surface area contributed by atoms with Gasteiger partial charge >= 0.3 is 0 Å². The van der Waals surface area contributed by atoms with Crippen LogP contribution in [0, 0.1) is 6.92 Å². The maximum Gasteiger partial charge on any atom is 0.155 e. The van der Waals surface area contributed by atoms with Crippen molar-refractivity contribution in [2.45, 2.75) is 26.2 Å². The Morgan fingerprint density at radius 3 is 3.00 bits per heavy atom. The second-order valence-electron chi connectivity index (χ2n) is 3.96. The van der Waals surface area contributed by atoms with E-state index in [0.717, 1.165) is 17.9 Å². The Bertz CT molecular complexity index is 461. The second-order valence-corrected chi connectivity index (χ2v) is 3.96. The minimum Gasteiger partial charge on any atom is -0.330 e. The second kappa shape index (κ2) is 3.98. The van der Waals surface area contributed by atoms with Crippen molar-refractivity contribution in [3.05, 3.63) is 29.7 Å². The fraction of sp³-hybridized carbons (Fsp3) is 0.455. The first kappa shape index (κ1) is 10.1. The Morgan fingerprint density at radius 2 is 2.27 bits per heavy atom. The number of nitrogens with two attached hydrogens (primary N) is 1. The van der Waals surface area contributed by atoms with Crippen LogP contribution in [0.25, 0.3) is 5.65 Å². The van der Waals surface area contributed by atoms with Crippen LogP contribution in [0.5, 0.6) is 0 Å². The molecule has 0 aliphatic heterocycles. The van der Waals surface area contributed by atoms with E-state index in [1.54, 1.807) is 0 Å². The van der Waals surface area contributed by atoms with Gasteiger partial charge < -0.3 is 5.73 Å². The molecule has 4 nitrogen and oxygen atoms in total. The number of hydrogen-bond donors (Lipinski definition) is 1. The summed E-state index contributed by atoms with van der Waals surface area (Å²) >= 11 is 0. The number of aromatic nitrogens is 3. The van der Waals surface area contributed by atoms with Gasteiger partial charge in [0.15, 0.2) is 11.5 Å². The topological polar surface area (TPSA) is 56.2 Å². The summed E-state index contributed by atoms with van der Waals surface area (Å²) in [6, 6.07) is 4.03. The lowest BCUT2D eigenvalue weighted by Crippen LogP contribution is -2.06. The van der Waals surface area contributed by atoms with E-state index in [0.29, 0.717) is 12.5 Å². The van der Waals surface area contributed by atoms with E-state index >= 15 is 0 Å². The summed E-state index contributed by atoms with van der Waals surface area (Å²) in [5.74, 6) is 1.21. The van der Waals surface area contributed by atoms with Crippen molar-refractivity contribution < 1.29 is 0 Å². The molecule has 0 radical (unpaired) electrons. The molecule has 0 aliphatic carbocycles. The van der Waals surface area contributed by atoms with Gasteiger partial charge in [-0.1, -0.05) is 13.0 Å². The first-order chi connectivity index (χ1) is 7.20. The molecule has 0 aromatic carbocycles. The van der Waals surface area contributed by atoms with Crippen LogP contribution >= 0.6 is 0 Å². The van der Waals surface area contributed by atoms with Gasteiger partial charge in [-0.25, -0.2) is 9.50 Å². The number of hydrogen-bond acceptors (Lipinski definition) is 3. The SMILES string of the molecule is Cc1ccc2nc(C(C)CCN)nn2c1. The highest BCUT2D eigenvalue weighted by atomic mass is 15.3. The molecule has 80 valence electrons. The molecule has 2 N–H and O–H groups in total. The standard InChI is InChI=1S/C11H16N4/c1-8-3-4-10-13-11(9(2)5-6-12)14-15(10)7-8/h3-4,7,9H,5-6,12H2,1-2H3. The van der Waals surface area contributed by atoms with Crippen molar-refractivity contribution in [3.63, 3.8) is 0 Å². The minimum absolute atomic E-state index is 0.329. The fourth-order valence-electron chi connectivity index (χ4n) is 1.59. The van der Waals surface area contributed by atoms with E-state index in [-0.39, 0.29) is 0 Å². The summed E-state index contributed by atoms with van der Waals surface area (Å²) < 4.78 is 1.83. The van der Waals surface area contributed by atoms with Gasteiger partial charge in [0.1, 0.15) is 0 Å². The molecule has 0 fully saturated rings. The van der Waals surface area contributed by atoms with Gasteiger partial charge in [0.05, 0.1) is 0 Å². The third kappa shape index (κ3) is 1.99. The number of fused-ring (bicyclic) bond motifs is 1. The van der Waals surface area contributed by atoms with Crippen molar-refractivity contribution in [1.29, 1.82) is 0 Å². The van der Waals surface area contributed by atoms with E-state index in [2.05, 4.69) is 17.0 Å². The molecular formula is C11H16N4. The monoisotopic (exact) mass is 204 g/mol. The normalized spacial score (nSPS) is 13.3. The largest absolute Gasteiger partial charge is 0.330 e. The summed E-state index contributed by atoms with van der Waals surface area (Å²) in [7, 11) is 0. The van der Waals surface area contributed by atoms with Crippen LogP contribution in [0.3, 0.4) is 0 Å². The number of pyridine rings is 1. The van der Waals surface area contributed by atoms with Crippen molar-refractivity contribution >= 4 is 5.65 Å². The summed E-state index contributed by atoms with van der Waals surface area (Å²) in [6.45, 7) is 4.83. The predicted molar refractivity (Wildman–Crippen MR) is 59.8 cm³/mol.